The van der Waals surface area contributed by atoms with E-state index in [1.807, 2.05) is 12.1 Å². The lowest BCUT2D eigenvalue weighted by Crippen LogP contribution is -2.43. The van der Waals surface area contributed by atoms with Crippen molar-refractivity contribution in [3.8, 4) is 5.75 Å². The summed E-state index contributed by atoms with van der Waals surface area (Å²) in [4.78, 5) is 12.5. The van der Waals surface area contributed by atoms with Crippen molar-refractivity contribution in [1.82, 2.24) is 0 Å². The minimum Gasteiger partial charge on any atom is -0.423 e. The Balaban J connectivity index is 1.37. The number of aliphatic hydroxyl groups is 1. The zero-order valence-corrected chi connectivity index (χ0v) is 16.9. The van der Waals surface area contributed by atoms with Crippen LogP contribution in [0.5, 0.6) is 5.75 Å². The van der Waals surface area contributed by atoms with E-state index in [1.54, 1.807) is 24.3 Å². The molecule has 2 fully saturated rings. The number of ether oxygens (including phenoxy) is 1. The van der Waals surface area contributed by atoms with E-state index in [4.69, 9.17) is 10.5 Å². The zero-order valence-electron chi connectivity index (χ0n) is 16.9. The SMILES string of the molecule is C[C@]12CC[C@@H]3c4ccc(OC(=O)c5ccccc5N)cc4CC[C@H]3[C@@H]1CC[C@@H]2O. The van der Waals surface area contributed by atoms with Crippen LogP contribution >= 0.6 is 0 Å². The van der Waals surface area contributed by atoms with Gasteiger partial charge in [0.15, 0.2) is 0 Å². The topological polar surface area (TPSA) is 72.5 Å². The third kappa shape index (κ3) is 2.96. The molecule has 29 heavy (non-hydrogen) atoms. The van der Waals surface area contributed by atoms with Gasteiger partial charge in [-0.15, -0.1) is 0 Å². The standard InChI is InChI=1S/C25H29NO3/c1-25-13-12-18-17-9-7-16(29-24(28)20-4-2-3-5-22(20)26)14-15(17)6-8-19(18)21(25)10-11-23(25)27/h2-5,7,9,14,18-19,21,23,27H,6,8,10-13,26H2,1H3/t18-,19-,21+,23+,25+/m1/s1. The van der Waals surface area contributed by atoms with Gasteiger partial charge in [0, 0.05) is 5.69 Å². The molecule has 0 aliphatic heterocycles. The lowest BCUT2D eigenvalue weighted by Gasteiger charge is -2.50. The second-order valence-corrected chi connectivity index (χ2v) is 9.39. The molecule has 0 saturated heterocycles. The number of rotatable bonds is 2. The molecule has 4 heteroatoms. The maximum absolute atomic E-state index is 12.5. The molecule has 0 heterocycles. The summed E-state index contributed by atoms with van der Waals surface area (Å²) in [5.41, 5.74) is 9.56. The molecular weight excluding hydrogens is 362 g/mol. The summed E-state index contributed by atoms with van der Waals surface area (Å²) >= 11 is 0. The van der Waals surface area contributed by atoms with Crippen LogP contribution in [0.15, 0.2) is 42.5 Å². The van der Waals surface area contributed by atoms with Crippen LogP contribution in [0.4, 0.5) is 5.69 Å². The molecular formula is C25H29NO3. The summed E-state index contributed by atoms with van der Waals surface area (Å²) in [5.74, 6) is 2.04. The molecule has 0 unspecified atom stereocenters. The first-order valence-corrected chi connectivity index (χ1v) is 10.8. The van der Waals surface area contributed by atoms with Gasteiger partial charge >= 0.3 is 5.97 Å². The smallest absolute Gasteiger partial charge is 0.345 e. The van der Waals surface area contributed by atoms with Gasteiger partial charge in [-0.25, -0.2) is 4.79 Å². The molecule has 152 valence electrons. The van der Waals surface area contributed by atoms with E-state index < -0.39 is 5.97 Å². The number of aryl methyl sites for hydroxylation is 1. The number of para-hydroxylation sites is 1. The van der Waals surface area contributed by atoms with E-state index in [1.165, 1.54) is 11.1 Å². The summed E-state index contributed by atoms with van der Waals surface area (Å²) in [6.45, 7) is 2.30. The average Bonchev–Trinajstić information content (AvgIpc) is 3.02. The number of benzene rings is 2. The first-order valence-electron chi connectivity index (χ1n) is 10.8. The van der Waals surface area contributed by atoms with Crippen LogP contribution in [-0.4, -0.2) is 17.2 Å². The summed E-state index contributed by atoms with van der Waals surface area (Å²) in [6, 6.07) is 13.1. The number of carbonyl (C=O) groups is 1. The third-order valence-corrected chi connectivity index (χ3v) is 8.04. The predicted octanol–water partition coefficient (Wildman–Crippen LogP) is 4.71. The predicted molar refractivity (Wildman–Crippen MR) is 113 cm³/mol. The normalized spacial score (nSPS) is 32.8. The Morgan fingerprint density at radius 2 is 1.97 bits per heavy atom. The summed E-state index contributed by atoms with van der Waals surface area (Å²) < 4.78 is 5.63. The Kier molecular flexibility index (Phi) is 4.43. The summed E-state index contributed by atoms with van der Waals surface area (Å²) in [6.07, 6.45) is 6.38. The summed E-state index contributed by atoms with van der Waals surface area (Å²) in [7, 11) is 0. The lowest BCUT2D eigenvalue weighted by atomic mass is 9.55. The van der Waals surface area contributed by atoms with Gasteiger partial charge in [0.1, 0.15) is 5.75 Å². The monoisotopic (exact) mass is 391 g/mol. The third-order valence-electron chi connectivity index (χ3n) is 8.04. The summed E-state index contributed by atoms with van der Waals surface area (Å²) in [5, 5.41) is 10.5. The first-order chi connectivity index (χ1) is 14.0. The van der Waals surface area contributed by atoms with Gasteiger partial charge < -0.3 is 15.6 Å². The first kappa shape index (κ1) is 18.7. The van der Waals surface area contributed by atoms with Gasteiger partial charge in [-0.05, 0) is 97.1 Å². The van der Waals surface area contributed by atoms with Crippen LogP contribution in [0.3, 0.4) is 0 Å². The van der Waals surface area contributed by atoms with Crippen LogP contribution in [0, 0.1) is 17.3 Å². The van der Waals surface area contributed by atoms with Crippen molar-refractivity contribution in [3.05, 3.63) is 59.2 Å². The fourth-order valence-electron chi connectivity index (χ4n) is 6.44. The molecule has 0 amide bonds. The van der Waals surface area contributed by atoms with E-state index in [2.05, 4.69) is 13.0 Å². The van der Waals surface area contributed by atoms with Gasteiger partial charge in [0.25, 0.3) is 0 Å². The maximum Gasteiger partial charge on any atom is 0.345 e. The highest BCUT2D eigenvalue weighted by molar-refractivity contribution is 5.96. The number of hydrogen-bond acceptors (Lipinski definition) is 4. The molecule has 5 atom stereocenters. The molecule has 2 aromatic carbocycles. The van der Waals surface area contributed by atoms with Crippen LogP contribution < -0.4 is 10.5 Å². The Labute approximate surface area is 172 Å². The lowest BCUT2D eigenvalue weighted by molar-refractivity contribution is -0.0226. The Hall–Kier alpha value is -2.33. The van der Waals surface area contributed by atoms with Crippen LogP contribution in [0.1, 0.15) is 66.4 Å². The van der Waals surface area contributed by atoms with Gasteiger partial charge in [-0.2, -0.15) is 0 Å². The fourth-order valence-corrected chi connectivity index (χ4v) is 6.44. The van der Waals surface area contributed by atoms with E-state index in [0.29, 0.717) is 34.8 Å². The number of nitrogens with two attached hydrogens (primary N) is 1. The number of nitrogen functional groups attached to an aromatic ring is 1. The Morgan fingerprint density at radius 1 is 1.14 bits per heavy atom. The minimum absolute atomic E-state index is 0.101. The Bertz CT molecular complexity index is 955. The largest absolute Gasteiger partial charge is 0.423 e. The molecule has 5 rings (SSSR count). The second-order valence-electron chi connectivity index (χ2n) is 9.39. The van der Waals surface area contributed by atoms with Crippen LogP contribution in [-0.2, 0) is 6.42 Å². The van der Waals surface area contributed by atoms with Gasteiger partial charge in [0.2, 0.25) is 0 Å². The zero-order chi connectivity index (χ0) is 20.2. The highest BCUT2D eigenvalue weighted by Gasteiger charge is 2.54. The molecule has 0 spiro atoms. The van der Waals surface area contributed by atoms with Crippen LogP contribution in [0.25, 0.3) is 0 Å². The molecule has 0 aromatic heterocycles. The molecule has 0 radical (unpaired) electrons. The van der Waals surface area contributed by atoms with Crippen molar-refractivity contribution in [2.24, 2.45) is 17.3 Å². The van der Waals surface area contributed by atoms with Crippen molar-refractivity contribution in [2.45, 2.75) is 57.5 Å². The molecule has 3 N–H and O–H groups in total. The quantitative estimate of drug-likeness (QED) is 0.442. The maximum atomic E-state index is 12.5. The number of anilines is 1. The van der Waals surface area contributed by atoms with E-state index in [-0.39, 0.29) is 11.5 Å². The van der Waals surface area contributed by atoms with Crippen molar-refractivity contribution >= 4 is 11.7 Å². The molecule has 4 nitrogen and oxygen atoms in total. The van der Waals surface area contributed by atoms with Crippen molar-refractivity contribution < 1.29 is 14.6 Å². The fraction of sp³-hybridized carbons (Fsp3) is 0.480. The number of esters is 1. The van der Waals surface area contributed by atoms with Crippen molar-refractivity contribution in [2.75, 3.05) is 5.73 Å². The number of hydrogen-bond donors (Lipinski definition) is 2. The van der Waals surface area contributed by atoms with Gasteiger partial charge in [-0.1, -0.05) is 25.1 Å². The average molecular weight is 392 g/mol. The van der Waals surface area contributed by atoms with Gasteiger partial charge in [0.05, 0.1) is 11.7 Å². The van der Waals surface area contributed by atoms with E-state index in [0.717, 1.165) is 38.5 Å². The number of carbonyl (C=O) groups excluding carboxylic acids is 1. The van der Waals surface area contributed by atoms with Crippen molar-refractivity contribution in [3.63, 3.8) is 0 Å². The highest BCUT2D eigenvalue weighted by Crippen LogP contribution is 2.60. The molecule has 2 saturated carbocycles. The number of aliphatic hydroxyl groups excluding tert-OH is 1. The van der Waals surface area contributed by atoms with Crippen LogP contribution in [0.2, 0.25) is 0 Å². The van der Waals surface area contributed by atoms with Crippen molar-refractivity contribution in [1.29, 1.82) is 0 Å². The molecule has 0 bridgehead atoms. The molecule has 3 aliphatic carbocycles. The van der Waals surface area contributed by atoms with E-state index >= 15 is 0 Å². The van der Waals surface area contributed by atoms with Gasteiger partial charge in [-0.3, -0.25) is 0 Å². The highest BCUT2D eigenvalue weighted by atomic mass is 16.5. The molecule has 2 aromatic rings. The second kappa shape index (κ2) is 6.88. The van der Waals surface area contributed by atoms with E-state index in [9.17, 15) is 9.90 Å². The molecule has 3 aliphatic rings. The Morgan fingerprint density at radius 3 is 2.79 bits per heavy atom. The minimum atomic E-state index is -0.412. The number of fused-ring (bicyclic) bond motifs is 5.